The van der Waals surface area contributed by atoms with Crippen LogP contribution >= 0.6 is 11.6 Å². The van der Waals surface area contributed by atoms with E-state index in [2.05, 4.69) is 22.2 Å². The summed E-state index contributed by atoms with van der Waals surface area (Å²) >= 11 is 6.03. The number of nitrogens with one attached hydrogen (secondary N) is 1. The molecule has 0 bridgehead atoms. The molecule has 2 unspecified atom stereocenters. The first-order chi connectivity index (χ1) is 13.7. The van der Waals surface area contributed by atoms with Crippen LogP contribution in [-0.4, -0.2) is 48.6 Å². The van der Waals surface area contributed by atoms with Crippen LogP contribution in [0.15, 0.2) is 36.5 Å². The molecule has 0 saturated carbocycles. The van der Waals surface area contributed by atoms with Crippen LogP contribution in [0.25, 0.3) is 0 Å². The number of pyridine rings is 1. The molecule has 1 N–H and O–H groups in total. The van der Waals surface area contributed by atoms with Gasteiger partial charge in [-0.25, -0.2) is 4.98 Å². The first-order valence-electron chi connectivity index (χ1n) is 9.97. The molecule has 5 nitrogen and oxygen atoms in total. The summed E-state index contributed by atoms with van der Waals surface area (Å²) in [5.41, 5.74) is 2.58. The summed E-state index contributed by atoms with van der Waals surface area (Å²) in [6, 6.07) is 9.98. The molecule has 3 rings (SSSR count). The molecule has 1 fully saturated rings. The fourth-order valence-electron chi connectivity index (χ4n) is 3.73. The molecule has 2 aromatic rings. The Morgan fingerprint density at radius 3 is 2.62 bits per heavy atom. The van der Waals surface area contributed by atoms with E-state index in [1.54, 1.807) is 6.20 Å². The summed E-state index contributed by atoms with van der Waals surface area (Å²) in [5.74, 6) is 0.802. The number of rotatable bonds is 6. The maximum absolute atomic E-state index is 13.1. The van der Waals surface area contributed by atoms with E-state index < -0.39 is 5.41 Å². The van der Waals surface area contributed by atoms with Gasteiger partial charge >= 0.3 is 0 Å². The van der Waals surface area contributed by atoms with Gasteiger partial charge in [0.2, 0.25) is 11.8 Å². The van der Waals surface area contributed by atoms with E-state index in [1.165, 1.54) is 5.56 Å². The van der Waals surface area contributed by atoms with Gasteiger partial charge in [-0.1, -0.05) is 23.7 Å². The van der Waals surface area contributed by atoms with Crippen LogP contribution in [-0.2, 0) is 4.79 Å². The number of carbonyl (C=O) groups excluding carboxylic acids is 1. The number of hydrogen-bond donors (Lipinski definition) is 1. The summed E-state index contributed by atoms with van der Waals surface area (Å²) in [6.07, 6.45) is 1.78. The van der Waals surface area contributed by atoms with E-state index in [4.69, 9.17) is 16.3 Å². The van der Waals surface area contributed by atoms with E-state index in [-0.39, 0.29) is 24.5 Å². The highest BCUT2D eigenvalue weighted by molar-refractivity contribution is 6.30. The predicted molar refractivity (Wildman–Crippen MR) is 117 cm³/mol. The van der Waals surface area contributed by atoms with Crippen molar-refractivity contribution in [3.8, 4) is 5.88 Å². The van der Waals surface area contributed by atoms with Crippen molar-refractivity contribution in [2.75, 3.05) is 26.7 Å². The molecule has 1 aliphatic heterocycles. The summed E-state index contributed by atoms with van der Waals surface area (Å²) in [7, 11) is 2.08. The lowest BCUT2D eigenvalue weighted by molar-refractivity contribution is -0.131. The third-order valence-corrected chi connectivity index (χ3v) is 5.72. The highest BCUT2D eigenvalue weighted by atomic mass is 35.5. The van der Waals surface area contributed by atoms with Gasteiger partial charge in [0.05, 0.1) is 5.41 Å². The Balaban J connectivity index is 1.65. The highest BCUT2D eigenvalue weighted by Crippen LogP contribution is 2.29. The van der Waals surface area contributed by atoms with Crippen molar-refractivity contribution in [1.29, 1.82) is 0 Å². The van der Waals surface area contributed by atoms with E-state index in [9.17, 15) is 4.79 Å². The minimum absolute atomic E-state index is 0.0125. The maximum Gasteiger partial charge on any atom is 0.229 e. The molecule has 1 amide bonds. The molecule has 6 heteroatoms. The highest BCUT2D eigenvalue weighted by Gasteiger charge is 2.37. The second-order valence-corrected chi connectivity index (χ2v) is 9.20. The van der Waals surface area contributed by atoms with Gasteiger partial charge in [-0.2, -0.15) is 0 Å². The number of nitrogens with zero attached hydrogens (tertiary/aromatic N) is 2. The first kappa shape index (κ1) is 21.6. The Hall–Kier alpha value is -2.11. The molecule has 156 valence electrons. The number of aryl methyl sites for hydroxylation is 2. The molecule has 2 atom stereocenters. The number of carbonyl (C=O) groups is 1. The third-order valence-electron chi connectivity index (χ3n) is 5.47. The van der Waals surface area contributed by atoms with Crippen molar-refractivity contribution in [1.82, 2.24) is 15.2 Å². The average molecular weight is 416 g/mol. The minimum atomic E-state index is -0.676. The van der Waals surface area contributed by atoms with Crippen LogP contribution in [0.3, 0.4) is 0 Å². The smallest absolute Gasteiger partial charge is 0.229 e. The number of ether oxygens (including phenoxy) is 1. The summed E-state index contributed by atoms with van der Waals surface area (Å²) < 4.78 is 5.89. The van der Waals surface area contributed by atoms with Gasteiger partial charge in [0.25, 0.3) is 0 Å². The summed E-state index contributed by atoms with van der Waals surface area (Å²) in [4.78, 5) is 19.7. The number of amides is 1. The molecule has 29 heavy (non-hydrogen) atoms. The van der Waals surface area contributed by atoms with E-state index in [1.807, 2.05) is 58.0 Å². The average Bonchev–Trinajstić information content (AvgIpc) is 3.01. The molecule has 1 aliphatic rings. The van der Waals surface area contributed by atoms with Crippen LogP contribution in [0.1, 0.15) is 36.5 Å². The Morgan fingerprint density at radius 2 is 1.97 bits per heavy atom. The zero-order valence-electron chi connectivity index (χ0n) is 17.8. The third kappa shape index (κ3) is 5.28. The lowest BCUT2D eigenvalue weighted by Crippen LogP contribution is -2.48. The van der Waals surface area contributed by atoms with Crippen molar-refractivity contribution in [2.45, 2.75) is 39.7 Å². The SMILES string of the molecule is Cc1cnc(OCC(C)(C)C(=O)NC2CN(C)CC2c2ccc(Cl)cc2)c(C)c1. The Morgan fingerprint density at radius 1 is 1.28 bits per heavy atom. The van der Waals surface area contributed by atoms with Crippen LogP contribution in [0.2, 0.25) is 5.02 Å². The molecule has 0 aliphatic carbocycles. The second kappa shape index (κ2) is 8.72. The van der Waals surface area contributed by atoms with Crippen molar-refractivity contribution in [3.05, 3.63) is 58.2 Å². The maximum atomic E-state index is 13.1. The molecule has 1 saturated heterocycles. The van der Waals surface area contributed by atoms with Gasteiger partial charge in [0.15, 0.2) is 0 Å². The first-order valence-corrected chi connectivity index (χ1v) is 10.3. The molecule has 1 aromatic carbocycles. The zero-order chi connectivity index (χ0) is 21.2. The van der Waals surface area contributed by atoms with E-state index >= 15 is 0 Å². The topological polar surface area (TPSA) is 54.5 Å². The Bertz CT molecular complexity index is 867. The number of likely N-dealkylation sites (N-methyl/N-ethyl adjacent to an activating group) is 1. The molecule has 2 heterocycles. The molecule has 1 aromatic heterocycles. The number of benzene rings is 1. The number of hydrogen-bond acceptors (Lipinski definition) is 4. The largest absolute Gasteiger partial charge is 0.476 e. The van der Waals surface area contributed by atoms with Crippen molar-refractivity contribution in [2.24, 2.45) is 5.41 Å². The second-order valence-electron chi connectivity index (χ2n) is 8.77. The van der Waals surface area contributed by atoms with Gasteiger partial charge < -0.3 is 15.0 Å². The van der Waals surface area contributed by atoms with Gasteiger partial charge in [0, 0.05) is 41.8 Å². The molecule has 0 radical (unpaired) electrons. The standard InChI is InChI=1S/C23H30ClN3O2/c1-15-10-16(2)21(25-11-15)29-14-23(3,4)22(28)26-20-13-27(5)12-19(20)17-6-8-18(24)9-7-17/h6-11,19-20H,12-14H2,1-5H3,(H,26,28). The van der Waals surface area contributed by atoms with Crippen LogP contribution < -0.4 is 10.1 Å². The van der Waals surface area contributed by atoms with Crippen LogP contribution in [0, 0.1) is 19.3 Å². The van der Waals surface area contributed by atoms with Crippen molar-refractivity contribution >= 4 is 17.5 Å². The van der Waals surface area contributed by atoms with Gasteiger partial charge in [0.1, 0.15) is 6.61 Å². The molecule has 0 spiro atoms. The lowest BCUT2D eigenvalue weighted by Gasteiger charge is -2.28. The lowest BCUT2D eigenvalue weighted by atomic mass is 9.90. The number of halogens is 1. The minimum Gasteiger partial charge on any atom is -0.476 e. The van der Waals surface area contributed by atoms with Crippen LogP contribution in [0.5, 0.6) is 5.88 Å². The fraction of sp³-hybridized carbons (Fsp3) is 0.478. The van der Waals surface area contributed by atoms with Crippen molar-refractivity contribution < 1.29 is 9.53 Å². The van der Waals surface area contributed by atoms with Gasteiger partial charge in [-0.05, 0) is 64.1 Å². The Kier molecular flexibility index (Phi) is 6.49. The fourth-order valence-corrected chi connectivity index (χ4v) is 3.85. The van der Waals surface area contributed by atoms with Gasteiger partial charge in [-0.15, -0.1) is 0 Å². The monoisotopic (exact) mass is 415 g/mol. The van der Waals surface area contributed by atoms with Gasteiger partial charge in [-0.3, -0.25) is 4.79 Å². The predicted octanol–water partition coefficient (Wildman–Crippen LogP) is 3.97. The molecular formula is C23H30ClN3O2. The number of aromatic nitrogens is 1. The molecular weight excluding hydrogens is 386 g/mol. The number of likely N-dealkylation sites (tertiary alicyclic amines) is 1. The van der Waals surface area contributed by atoms with Crippen molar-refractivity contribution in [3.63, 3.8) is 0 Å². The zero-order valence-corrected chi connectivity index (χ0v) is 18.6. The summed E-state index contributed by atoms with van der Waals surface area (Å²) in [6.45, 7) is 9.75. The normalized spacial score (nSPS) is 19.9. The quantitative estimate of drug-likeness (QED) is 0.775. The van der Waals surface area contributed by atoms with E-state index in [0.29, 0.717) is 5.88 Å². The van der Waals surface area contributed by atoms with Crippen LogP contribution in [0.4, 0.5) is 0 Å². The Labute approximate surface area is 178 Å². The summed E-state index contributed by atoms with van der Waals surface area (Å²) in [5, 5.41) is 3.98. The van der Waals surface area contributed by atoms with E-state index in [0.717, 1.165) is 29.2 Å².